The van der Waals surface area contributed by atoms with Crippen molar-refractivity contribution in [2.24, 2.45) is 5.41 Å². The predicted octanol–water partition coefficient (Wildman–Crippen LogP) is 2.30. The largest absolute Gasteiger partial charge is 0.481 e. The van der Waals surface area contributed by atoms with Crippen molar-refractivity contribution in [2.45, 2.75) is 33.1 Å². The average Bonchev–Trinajstić information content (AvgIpc) is 2.34. The van der Waals surface area contributed by atoms with Crippen LogP contribution in [-0.2, 0) is 11.2 Å². The Morgan fingerprint density at radius 3 is 2.78 bits per heavy atom. The highest BCUT2D eigenvalue weighted by Gasteiger charge is 2.39. The van der Waals surface area contributed by atoms with Gasteiger partial charge in [-0.1, -0.05) is 23.8 Å². The molecular weight excluding hydrogens is 226 g/mol. The lowest BCUT2D eigenvalue weighted by atomic mass is 9.75. The molecule has 3 nitrogen and oxygen atoms in total. The van der Waals surface area contributed by atoms with Crippen LogP contribution in [0.15, 0.2) is 18.2 Å². The summed E-state index contributed by atoms with van der Waals surface area (Å²) < 4.78 is 0. The molecule has 1 heterocycles. The number of nitrogens with one attached hydrogen (secondary N) is 1. The van der Waals surface area contributed by atoms with Crippen molar-refractivity contribution in [3.63, 3.8) is 0 Å². The molecule has 0 bridgehead atoms. The number of aliphatic carboxylic acids is 1. The summed E-state index contributed by atoms with van der Waals surface area (Å²) in [6, 6.07) is 6.26. The van der Waals surface area contributed by atoms with E-state index in [2.05, 4.69) is 37.4 Å². The van der Waals surface area contributed by atoms with Crippen molar-refractivity contribution in [1.82, 2.24) is 5.32 Å². The third-order valence-corrected chi connectivity index (χ3v) is 3.95. The lowest BCUT2D eigenvalue weighted by Gasteiger charge is -2.34. The van der Waals surface area contributed by atoms with Gasteiger partial charge in [-0.2, -0.15) is 0 Å². The van der Waals surface area contributed by atoms with Crippen LogP contribution < -0.4 is 5.32 Å². The molecular formula is C15H21NO2. The van der Waals surface area contributed by atoms with Crippen LogP contribution in [0.4, 0.5) is 0 Å². The molecule has 0 aromatic heterocycles. The fraction of sp³-hybridized carbons (Fsp3) is 0.533. The van der Waals surface area contributed by atoms with Crippen LogP contribution in [0, 0.1) is 19.3 Å². The van der Waals surface area contributed by atoms with Crippen LogP contribution in [0.2, 0.25) is 0 Å². The first kappa shape index (κ1) is 13.1. The minimum atomic E-state index is -0.672. The molecule has 2 N–H and O–H groups in total. The molecule has 0 radical (unpaired) electrons. The van der Waals surface area contributed by atoms with Crippen LogP contribution in [0.25, 0.3) is 0 Å². The van der Waals surface area contributed by atoms with Crippen LogP contribution in [0.5, 0.6) is 0 Å². The fourth-order valence-electron chi connectivity index (χ4n) is 2.79. The lowest BCUT2D eigenvalue weighted by Crippen LogP contribution is -2.47. The number of rotatable bonds is 3. The second-order valence-corrected chi connectivity index (χ2v) is 5.47. The summed E-state index contributed by atoms with van der Waals surface area (Å²) >= 11 is 0. The maximum Gasteiger partial charge on any atom is 0.311 e. The first-order valence-corrected chi connectivity index (χ1v) is 6.54. The van der Waals surface area contributed by atoms with Crippen LogP contribution in [0.3, 0.4) is 0 Å². The minimum absolute atomic E-state index is 0.579. The van der Waals surface area contributed by atoms with Gasteiger partial charge in [0.15, 0.2) is 0 Å². The van der Waals surface area contributed by atoms with Crippen LogP contribution in [0.1, 0.15) is 29.5 Å². The molecule has 0 amide bonds. The van der Waals surface area contributed by atoms with Crippen molar-refractivity contribution in [1.29, 1.82) is 0 Å². The molecule has 18 heavy (non-hydrogen) atoms. The Kier molecular flexibility index (Phi) is 3.71. The van der Waals surface area contributed by atoms with Gasteiger partial charge in [0.05, 0.1) is 5.41 Å². The molecule has 1 aromatic rings. The quantitative estimate of drug-likeness (QED) is 0.861. The number of piperidine rings is 1. The van der Waals surface area contributed by atoms with E-state index in [0.29, 0.717) is 13.0 Å². The lowest BCUT2D eigenvalue weighted by molar-refractivity contribution is -0.150. The smallest absolute Gasteiger partial charge is 0.311 e. The zero-order valence-electron chi connectivity index (χ0n) is 11.1. The van der Waals surface area contributed by atoms with E-state index in [0.717, 1.165) is 24.9 Å². The molecule has 1 unspecified atom stereocenters. The van der Waals surface area contributed by atoms with Gasteiger partial charge in [0.25, 0.3) is 0 Å². The van der Waals surface area contributed by atoms with Gasteiger partial charge in [0.1, 0.15) is 0 Å². The third kappa shape index (κ3) is 2.56. The van der Waals surface area contributed by atoms with E-state index in [1.807, 2.05) is 0 Å². The zero-order valence-corrected chi connectivity index (χ0v) is 11.1. The maximum absolute atomic E-state index is 11.6. The van der Waals surface area contributed by atoms with E-state index in [1.165, 1.54) is 11.1 Å². The number of aryl methyl sites for hydroxylation is 2. The number of carboxylic acid groups (broad SMARTS) is 1. The molecule has 1 aliphatic heterocycles. The molecule has 1 atom stereocenters. The van der Waals surface area contributed by atoms with Crippen molar-refractivity contribution in [2.75, 3.05) is 13.1 Å². The predicted molar refractivity (Wildman–Crippen MR) is 71.8 cm³/mol. The van der Waals surface area contributed by atoms with Crippen LogP contribution >= 0.6 is 0 Å². The Balaban J connectivity index is 2.26. The van der Waals surface area contributed by atoms with E-state index >= 15 is 0 Å². The van der Waals surface area contributed by atoms with Crippen molar-refractivity contribution in [3.8, 4) is 0 Å². The number of benzene rings is 1. The molecule has 2 rings (SSSR count). The summed E-state index contributed by atoms with van der Waals surface area (Å²) in [5.74, 6) is -0.672. The van der Waals surface area contributed by atoms with Gasteiger partial charge in [-0.25, -0.2) is 0 Å². The number of hydrogen-bond acceptors (Lipinski definition) is 2. The molecule has 3 heteroatoms. The molecule has 1 aliphatic rings. The minimum Gasteiger partial charge on any atom is -0.481 e. The molecule has 1 aromatic carbocycles. The average molecular weight is 247 g/mol. The van der Waals surface area contributed by atoms with E-state index in [-0.39, 0.29) is 0 Å². The second kappa shape index (κ2) is 5.11. The molecule has 1 fully saturated rings. The van der Waals surface area contributed by atoms with E-state index in [1.54, 1.807) is 0 Å². The van der Waals surface area contributed by atoms with Crippen LogP contribution in [-0.4, -0.2) is 24.2 Å². The molecule has 0 saturated carbocycles. The summed E-state index contributed by atoms with van der Waals surface area (Å²) in [5, 5.41) is 12.8. The van der Waals surface area contributed by atoms with Crippen molar-refractivity contribution < 1.29 is 9.90 Å². The first-order valence-electron chi connectivity index (χ1n) is 6.54. The topological polar surface area (TPSA) is 49.3 Å². The third-order valence-electron chi connectivity index (χ3n) is 3.95. The summed E-state index contributed by atoms with van der Waals surface area (Å²) in [5.41, 5.74) is 2.95. The fourth-order valence-corrected chi connectivity index (χ4v) is 2.79. The Morgan fingerprint density at radius 2 is 2.22 bits per heavy atom. The number of carbonyl (C=O) groups is 1. The van der Waals surface area contributed by atoms with Gasteiger partial charge >= 0.3 is 5.97 Å². The Labute approximate surface area is 108 Å². The van der Waals surface area contributed by atoms with Gasteiger partial charge in [-0.3, -0.25) is 4.79 Å². The second-order valence-electron chi connectivity index (χ2n) is 5.47. The van der Waals surface area contributed by atoms with Gasteiger partial charge in [-0.05, 0) is 50.8 Å². The number of carboxylic acids is 1. The Hall–Kier alpha value is -1.35. The first-order chi connectivity index (χ1) is 8.53. The number of hydrogen-bond donors (Lipinski definition) is 2. The normalized spacial score (nSPS) is 23.9. The summed E-state index contributed by atoms with van der Waals surface area (Å²) in [6.45, 7) is 5.64. The molecule has 0 aliphatic carbocycles. The van der Waals surface area contributed by atoms with Crippen molar-refractivity contribution in [3.05, 3.63) is 34.9 Å². The highest BCUT2D eigenvalue weighted by Crippen LogP contribution is 2.32. The SMILES string of the molecule is Cc1ccc(CC2(C(=O)O)CCCNC2)c(C)c1. The molecule has 1 saturated heterocycles. The highest BCUT2D eigenvalue weighted by molar-refractivity contribution is 5.75. The maximum atomic E-state index is 11.6. The summed E-state index contributed by atoms with van der Waals surface area (Å²) in [7, 11) is 0. The Bertz CT molecular complexity index is 448. The van der Waals surface area contributed by atoms with E-state index in [9.17, 15) is 9.90 Å². The molecule has 98 valence electrons. The van der Waals surface area contributed by atoms with E-state index in [4.69, 9.17) is 0 Å². The summed E-state index contributed by atoms with van der Waals surface area (Å²) in [4.78, 5) is 11.6. The highest BCUT2D eigenvalue weighted by atomic mass is 16.4. The summed E-state index contributed by atoms with van der Waals surface area (Å²) in [6.07, 6.45) is 2.33. The van der Waals surface area contributed by atoms with Gasteiger partial charge in [0.2, 0.25) is 0 Å². The monoisotopic (exact) mass is 247 g/mol. The van der Waals surface area contributed by atoms with Gasteiger partial charge in [0, 0.05) is 6.54 Å². The standard InChI is InChI=1S/C15H21NO2/c1-11-4-5-13(12(2)8-11)9-15(14(17)18)6-3-7-16-10-15/h4-5,8,16H,3,6-7,9-10H2,1-2H3,(H,17,18). The Morgan fingerprint density at radius 1 is 1.44 bits per heavy atom. The van der Waals surface area contributed by atoms with E-state index < -0.39 is 11.4 Å². The van der Waals surface area contributed by atoms with Crippen molar-refractivity contribution >= 4 is 5.97 Å². The zero-order chi connectivity index (χ0) is 13.2. The molecule has 0 spiro atoms. The van der Waals surface area contributed by atoms with Gasteiger partial charge < -0.3 is 10.4 Å². The van der Waals surface area contributed by atoms with Gasteiger partial charge in [-0.15, -0.1) is 0 Å².